The molecule has 0 aromatic heterocycles. The zero-order valence-electron chi connectivity index (χ0n) is 24.3. The Kier molecular flexibility index (Phi) is 9.10. The lowest BCUT2D eigenvalue weighted by Crippen LogP contribution is -2.54. The number of piperidine rings is 1. The van der Waals surface area contributed by atoms with Crippen molar-refractivity contribution in [2.45, 2.75) is 58.1 Å². The van der Waals surface area contributed by atoms with Gasteiger partial charge in [-0.15, -0.1) is 0 Å². The van der Waals surface area contributed by atoms with Crippen LogP contribution in [0.4, 0.5) is 4.39 Å². The molecule has 1 N–H and O–H groups in total. The van der Waals surface area contributed by atoms with E-state index in [0.29, 0.717) is 32.5 Å². The van der Waals surface area contributed by atoms with Gasteiger partial charge in [-0.25, -0.2) is 4.39 Å². The van der Waals surface area contributed by atoms with Crippen LogP contribution in [0.2, 0.25) is 0 Å². The van der Waals surface area contributed by atoms with Crippen molar-refractivity contribution in [3.05, 3.63) is 71.0 Å². The number of nitrogens with zero attached hydrogens (tertiary/aromatic N) is 2. The number of hydrogen-bond acceptors (Lipinski definition) is 5. The predicted octanol–water partition coefficient (Wildman–Crippen LogP) is 4.09. The maximum Gasteiger partial charge on any atom is 0.231 e. The molecule has 7 nitrogen and oxygen atoms in total. The Morgan fingerprint density at radius 1 is 1.15 bits per heavy atom. The van der Waals surface area contributed by atoms with E-state index in [9.17, 15) is 18.8 Å². The summed E-state index contributed by atoms with van der Waals surface area (Å²) >= 11 is 0. The van der Waals surface area contributed by atoms with Gasteiger partial charge in [0.1, 0.15) is 5.82 Å². The van der Waals surface area contributed by atoms with E-state index in [4.69, 9.17) is 4.74 Å². The number of aryl methyl sites for hydroxylation is 1. The summed E-state index contributed by atoms with van der Waals surface area (Å²) in [6.45, 7) is 7.39. The van der Waals surface area contributed by atoms with E-state index in [2.05, 4.69) is 5.32 Å². The van der Waals surface area contributed by atoms with E-state index in [1.54, 1.807) is 49.9 Å². The molecular weight excluding hydrogens is 509 g/mol. The number of carbonyl (C=O) groups excluding carboxylic acids is 3. The van der Waals surface area contributed by atoms with Gasteiger partial charge in [-0.1, -0.05) is 42.0 Å². The Labute approximate surface area is 237 Å². The molecule has 3 atom stereocenters. The lowest BCUT2D eigenvalue weighted by molar-refractivity contribution is -0.148. The maximum absolute atomic E-state index is 14.1. The number of nitrogens with one attached hydrogen (secondary N) is 1. The molecule has 2 unspecified atom stereocenters. The zero-order chi connectivity index (χ0) is 29.1. The summed E-state index contributed by atoms with van der Waals surface area (Å²) in [5, 5.41) is 3.04. The molecule has 2 amide bonds. The second kappa shape index (κ2) is 12.2. The second-order valence-electron chi connectivity index (χ2n) is 12.0. The molecule has 0 radical (unpaired) electrons. The number of amides is 2. The van der Waals surface area contributed by atoms with Crippen LogP contribution in [0.5, 0.6) is 0 Å². The number of likely N-dealkylation sites (N-methyl/N-ethyl adjacent to an activating group) is 2. The minimum absolute atomic E-state index is 0.0129. The molecule has 2 saturated heterocycles. The van der Waals surface area contributed by atoms with Gasteiger partial charge in [0, 0.05) is 39.0 Å². The van der Waals surface area contributed by atoms with Gasteiger partial charge in [-0.05, 0) is 63.9 Å². The standard InChI is InChI=1S/C32H42FN3O4/c1-22-7-9-23(10-8-22)19-40-20-25(17-28(37)31(2,3)34-4)29(38)36-16-6-15-32(21-36)27(18-35(5)30(32)39)24-11-13-26(33)14-12-24/h7-14,25,27,34H,6,15-21H2,1-5H3/t25-,27?,32?/m1/s1. The molecule has 2 aromatic rings. The van der Waals surface area contributed by atoms with Gasteiger partial charge in [-0.2, -0.15) is 0 Å². The first kappa shape index (κ1) is 29.9. The Hall–Kier alpha value is -3.10. The molecule has 8 heteroatoms. The highest BCUT2D eigenvalue weighted by Gasteiger charge is 2.55. The molecule has 2 fully saturated rings. The van der Waals surface area contributed by atoms with Crippen molar-refractivity contribution in [1.29, 1.82) is 0 Å². The molecule has 0 bridgehead atoms. The summed E-state index contributed by atoms with van der Waals surface area (Å²) in [4.78, 5) is 44.3. The summed E-state index contributed by atoms with van der Waals surface area (Å²) in [6, 6.07) is 14.4. The Bertz CT molecular complexity index is 1210. The molecule has 0 saturated carbocycles. The van der Waals surface area contributed by atoms with E-state index in [1.807, 2.05) is 31.2 Å². The van der Waals surface area contributed by atoms with Crippen molar-refractivity contribution in [3.8, 4) is 0 Å². The minimum atomic E-state index is -0.781. The van der Waals surface area contributed by atoms with Crippen LogP contribution in [0, 0.1) is 24.1 Å². The number of hydrogen-bond donors (Lipinski definition) is 1. The molecule has 2 aromatic carbocycles. The van der Waals surface area contributed by atoms with Crippen LogP contribution in [0.3, 0.4) is 0 Å². The number of likely N-dealkylation sites (tertiary alicyclic amines) is 2. The monoisotopic (exact) mass is 551 g/mol. The summed E-state index contributed by atoms with van der Waals surface area (Å²) in [6.07, 6.45) is 1.37. The number of benzene rings is 2. The van der Waals surface area contributed by atoms with Gasteiger partial charge in [0.2, 0.25) is 11.8 Å². The van der Waals surface area contributed by atoms with Gasteiger partial charge >= 0.3 is 0 Å². The Balaban J connectivity index is 1.55. The van der Waals surface area contributed by atoms with Crippen molar-refractivity contribution in [2.24, 2.45) is 11.3 Å². The Morgan fingerprint density at radius 2 is 1.82 bits per heavy atom. The van der Waals surface area contributed by atoms with Gasteiger partial charge in [0.05, 0.1) is 30.1 Å². The van der Waals surface area contributed by atoms with Crippen LogP contribution in [0.25, 0.3) is 0 Å². The predicted molar refractivity (Wildman–Crippen MR) is 152 cm³/mol. The van der Waals surface area contributed by atoms with E-state index < -0.39 is 16.9 Å². The fourth-order valence-corrected chi connectivity index (χ4v) is 6.01. The van der Waals surface area contributed by atoms with E-state index in [1.165, 1.54) is 12.1 Å². The van der Waals surface area contributed by atoms with Crippen molar-refractivity contribution >= 4 is 17.6 Å². The fraction of sp³-hybridized carbons (Fsp3) is 0.531. The summed E-state index contributed by atoms with van der Waals surface area (Å²) < 4.78 is 19.7. The molecule has 1 spiro atoms. The smallest absolute Gasteiger partial charge is 0.231 e. The van der Waals surface area contributed by atoms with Crippen LogP contribution in [-0.2, 0) is 25.7 Å². The van der Waals surface area contributed by atoms with Gasteiger partial charge < -0.3 is 19.9 Å². The third-order valence-corrected chi connectivity index (χ3v) is 8.82. The molecule has 216 valence electrons. The first-order valence-electron chi connectivity index (χ1n) is 14.1. The van der Waals surface area contributed by atoms with Crippen LogP contribution in [0.15, 0.2) is 48.5 Å². The normalized spacial score (nSPS) is 22.1. The van der Waals surface area contributed by atoms with E-state index >= 15 is 0 Å². The topological polar surface area (TPSA) is 79.0 Å². The summed E-state index contributed by atoms with van der Waals surface area (Å²) in [7, 11) is 3.52. The molecule has 2 aliphatic rings. The van der Waals surface area contributed by atoms with Crippen molar-refractivity contribution in [2.75, 3.05) is 40.3 Å². The molecule has 2 aliphatic heterocycles. The molecular formula is C32H42FN3O4. The number of carbonyl (C=O) groups is 3. The van der Waals surface area contributed by atoms with Crippen molar-refractivity contribution in [3.63, 3.8) is 0 Å². The van der Waals surface area contributed by atoms with Crippen LogP contribution >= 0.6 is 0 Å². The third-order valence-electron chi connectivity index (χ3n) is 8.82. The van der Waals surface area contributed by atoms with Crippen LogP contribution in [-0.4, -0.2) is 73.3 Å². The molecule has 2 heterocycles. The minimum Gasteiger partial charge on any atom is -0.376 e. The average Bonchev–Trinajstić information content (AvgIpc) is 3.18. The fourth-order valence-electron chi connectivity index (χ4n) is 6.01. The highest BCUT2D eigenvalue weighted by molar-refractivity contribution is 5.93. The van der Waals surface area contributed by atoms with Crippen molar-refractivity contribution in [1.82, 2.24) is 15.1 Å². The van der Waals surface area contributed by atoms with E-state index in [0.717, 1.165) is 16.7 Å². The highest BCUT2D eigenvalue weighted by Crippen LogP contribution is 2.49. The third kappa shape index (κ3) is 6.28. The number of ketones is 1. The van der Waals surface area contributed by atoms with E-state index in [-0.39, 0.29) is 48.9 Å². The SMILES string of the molecule is CNC(C)(C)C(=O)C[C@H](COCc1ccc(C)cc1)C(=O)N1CCCC2(C1)C(=O)N(C)CC2c1ccc(F)cc1. The Morgan fingerprint density at radius 3 is 2.48 bits per heavy atom. The largest absolute Gasteiger partial charge is 0.376 e. The lowest BCUT2D eigenvalue weighted by atomic mass is 9.69. The highest BCUT2D eigenvalue weighted by atomic mass is 19.1. The van der Waals surface area contributed by atoms with Crippen LogP contribution < -0.4 is 5.32 Å². The van der Waals surface area contributed by atoms with Crippen molar-refractivity contribution < 1.29 is 23.5 Å². The van der Waals surface area contributed by atoms with Gasteiger partial charge in [-0.3, -0.25) is 14.4 Å². The molecule has 40 heavy (non-hydrogen) atoms. The zero-order valence-corrected chi connectivity index (χ0v) is 24.3. The number of halogens is 1. The average molecular weight is 552 g/mol. The number of rotatable bonds is 10. The summed E-state index contributed by atoms with van der Waals surface area (Å²) in [5.41, 5.74) is 1.50. The van der Waals surface area contributed by atoms with Gasteiger partial charge in [0.25, 0.3) is 0 Å². The molecule has 4 rings (SSSR count). The second-order valence-corrected chi connectivity index (χ2v) is 12.0. The molecule has 0 aliphatic carbocycles. The first-order chi connectivity index (χ1) is 19.0. The lowest BCUT2D eigenvalue weighted by Gasteiger charge is -2.43. The maximum atomic E-state index is 14.1. The number of ether oxygens (including phenoxy) is 1. The van der Waals surface area contributed by atoms with Gasteiger partial charge in [0.15, 0.2) is 5.78 Å². The summed E-state index contributed by atoms with van der Waals surface area (Å²) in [5.74, 6) is -1.36. The van der Waals surface area contributed by atoms with Crippen LogP contribution in [0.1, 0.15) is 55.7 Å². The quantitative estimate of drug-likeness (QED) is 0.481. The first-order valence-corrected chi connectivity index (χ1v) is 14.1. The number of Topliss-reactive ketones (excluding diaryl/α,β-unsaturated/α-hetero) is 1.